The summed E-state index contributed by atoms with van der Waals surface area (Å²) in [5, 5.41) is 13.8. The number of hydrogen-bond donors (Lipinski definition) is 1. The molecule has 1 saturated heterocycles. The summed E-state index contributed by atoms with van der Waals surface area (Å²) in [6.45, 7) is 3.26. The number of methoxy groups -OCH3 is 1. The Balaban J connectivity index is 1.39. The maximum atomic E-state index is 12.8. The zero-order valence-corrected chi connectivity index (χ0v) is 17.8. The van der Waals surface area contributed by atoms with Gasteiger partial charge >= 0.3 is 0 Å². The minimum Gasteiger partial charge on any atom is -0.494 e. The van der Waals surface area contributed by atoms with Crippen LogP contribution in [0.25, 0.3) is 5.82 Å². The van der Waals surface area contributed by atoms with Gasteiger partial charge in [0.15, 0.2) is 0 Å². The quantitative estimate of drug-likeness (QED) is 0.460. The summed E-state index contributed by atoms with van der Waals surface area (Å²) >= 11 is 0. The monoisotopic (exact) mass is 437 g/mol. The van der Waals surface area contributed by atoms with Gasteiger partial charge in [-0.1, -0.05) is 0 Å². The third-order valence-corrected chi connectivity index (χ3v) is 5.55. The van der Waals surface area contributed by atoms with Crippen LogP contribution in [0.15, 0.2) is 43.0 Å². The number of nitrogens with one attached hydrogen (secondary N) is 1. The third-order valence-electron chi connectivity index (χ3n) is 5.55. The lowest BCUT2D eigenvalue weighted by molar-refractivity contribution is -0.384. The van der Waals surface area contributed by atoms with E-state index in [1.165, 1.54) is 31.6 Å². The number of aryl methyl sites for hydroxylation is 1. The van der Waals surface area contributed by atoms with Crippen LogP contribution in [0.1, 0.15) is 18.7 Å². The largest absolute Gasteiger partial charge is 0.494 e. The Morgan fingerprint density at radius 3 is 2.59 bits per heavy atom. The highest BCUT2D eigenvalue weighted by molar-refractivity contribution is 5.94. The highest BCUT2D eigenvalue weighted by Crippen LogP contribution is 2.30. The van der Waals surface area contributed by atoms with Crippen LogP contribution in [-0.2, 0) is 4.79 Å². The Kier molecular flexibility index (Phi) is 5.97. The third kappa shape index (κ3) is 4.36. The van der Waals surface area contributed by atoms with Crippen molar-refractivity contribution in [2.75, 3.05) is 30.4 Å². The molecule has 0 spiro atoms. The Morgan fingerprint density at radius 2 is 1.94 bits per heavy atom. The second-order valence-corrected chi connectivity index (χ2v) is 7.47. The fraction of sp³-hybridized carbons (Fsp3) is 0.333. The molecule has 0 atom stereocenters. The first-order valence-electron chi connectivity index (χ1n) is 10.2. The number of hydrogen-bond acceptors (Lipinski definition) is 8. The van der Waals surface area contributed by atoms with Crippen molar-refractivity contribution in [3.8, 4) is 11.6 Å². The molecule has 3 aromatic rings. The van der Waals surface area contributed by atoms with Crippen LogP contribution in [0.4, 0.5) is 17.2 Å². The number of anilines is 2. The zero-order chi connectivity index (χ0) is 22.7. The molecule has 11 heteroatoms. The molecule has 0 radical (unpaired) electrons. The Bertz CT molecular complexity index is 1140. The summed E-state index contributed by atoms with van der Waals surface area (Å²) in [5.41, 5.74) is 0.324. The van der Waals surface area contributed by atoms with E-state index in [0.717, 1.165) is 17.5 Å². The van der Waals surface area contributed by atoms with Gasteiger partial charge in [0.1, 0.15) is 29.5 Å². The van der Waals surface area contributed by atoms with Crippen molar-refractivity contribution >= 4 is 23.1 Å². The van der Waals surface area contributed by atoms with Gasteiger partial charge in [0.25, 0.3) is 5.69 Å². The number of carbonyl (C=O) groups is 1. The predicted molar refractivity (Wildman–Crippen MR) is 117 cm³/mol. The van der Waals surface area contributed by atoms with Crippen molar-refractivity contribution in [1.29, 1.82) is 0 Å². The molecule has 4 rings (SSSR count). The minimum atomic E-state index is -0.503. The smallest absolute Gasteiger partial charge is 0.273 e. The molecule has 1 N–H and O–H groups in total. The summed E-state index contributed by atoms with van der Waals surface area (Å²) in [7, 11) is 1.41. The minimum absolute atomic E-state index is 0.0942. The number of piperidine rings is 1. The number of non-ortho nitro benzene ring substituents is 1. The number of nitrogens with zero attached hydrogens (tertiary/aromatic N) is 6. The van der Waals surface area contributed by atoms with E-state index in [1.807, 2.05) is 23.8 Å². The van der Waals surface area contributed by atoms with Crippen molar-refractivity contribution in [3.05, 3.63) is 58.9 Å². The number of imidazole rings is 1. The van der Waals surface area contributed by atoms with Crippen LogP contribution < -0.4 is 15.0 Å². The van der Waals surface area contributed by atoms with Crippen LogP contribution in [0.5, 0.6) is 5.75 Å². The van der Waals surface area contributed by atoms with E-state index in [2.05, 4.69) is 25.2 Å². The summed E-state index contributed by atoms with van der Waals surface area (Å²) < 4.78 is 7.09. The van der Waals surface area contributed by atoms with Crippen molar-refractivity contribution in [2.45, 2.75) is 19.8 Å². The van der Waals surface area contributed by atoms with E-state index in [9.17, 15) is 14.9 Å². The first-order chi connectivity index (χ1) is 15.5. The number of nitro groups is 1. The van der Waals surface area contributed by atoms with Crippen LogP contribution in [0, 0.1) is 23.0 Å². The van der Waals surface area contributed by atoms with Gasteiger partial charge < -0.3 is 15.0 Å². The SMILES string of the molecule is COc1cc([N+](=O)[O-])ccc1NC(=O)C1CCN(c2cc(-n3ccnc3C)ncn2)CC1. The molecule has 1 aromatic carbocycles. The number of ether oxygens (including phenoxy) is 1. The van der Waals surface area contributed by atoms with Crippen LogP contribution >= 0.6 is 0 Å². The van der Waals surface area contributed by atoms with Gasteiger partial charge in [0.2, 0.25) is 5.91 Å². The van der Waals surface area contributed by atoms with Gasteiger partial charge in [0.05, 0.1) is 23.8 Å². The van der Waals surface area contributed by atoms with E-state index in [4.69, 9.17) is 4.74 Å². The first kappa shape index (κ1) is 21.2. The number of aromatic nitrogens is 4. The first-order valence-corrected chi connectivity index (χ1v) is 10.2. The van der Waals surface area contributed by atoms with Crippen molar-refractivity contribution < 1.29 is 14.5 Å². The molecule has 3 heterocycles. The molecule has 0 saturated carbocycles. The van der Waals surface area contributed by atoms with E-state index in [0.29, 0.717) is 31.6 Å². The van der Waals surface area contributed by atoms with Crippen LogP contribution in [0.2, 0.25) is 0 Å². The molecule has 0 unspecified atom stereocenters. The second-order valence-electron chi connectivity index (χ2n) is 7.47. The molecule has 0 aliphatic carbocycles. The van der Waals surface area contributed by atoms with E-state index >= 15 is 0 Å². The van der Waals surface area contributed by atoms with Crippen molar-refractivity contribution in [1.82, 2.24) is 19.5 Å². The summed E-state index contributed by atoms with van der Waals surface area (Å²) in [4.78, 5) is 38.3. The normalized spacial score (nSPS) is 14.2. The van der Waals surface area contributed by atoms with Gasteiger partial charge in [-0.25, -0.2) is 15.0 Å². The number of carbonyl (C=O) groups excluding carboxylic acids is 1. The van der Waals surface area contributed by atoms with Crippen molar-refractivity contribution in [2.24, 2.45) is 5.92 Å². The molecular formula is C21H23N7O4. The van der Waals surface area contributed by atoms with E-state index in [1.54, 1.807) is 6.20 Å². The van der Waals surface area contributed by atoms with Gasteiger partial charge in [-0.3, -0.25) is 19.5 Å². The highest BCUT2D eigenvalue weighted by atomic mass is 16.6. The second kappa shape index (κ2) is 9.00. The average Bonchev–Trinajstić information content (AvgIpc) is 3.25. The van der Waals surface area contributed by atoms with Gasteiger partial charge in [-0.05, 0) is 25.8 Å². The molecule has 0 bridgehead atoms. The number of benzene rings is 1. The highest BCUT2D eigenvalue weighted by Gasteiger charge is 2.27. The molecule has 32 heavy (non-hydrogen) atoms. The van der Waals surface area contributed by atoms with Crippen molar-refractivity contribution in [3.63, 3.8) is 0 Å². The molecule has 1 aliphatic heterocycles. The lowest BCUT2D eigenvalue weighted by Gasteiger charge is -2.32. The fourth-order valence-corrected chi connectivity index (χ4v) is 3.76. The van der Waals surface area contributed by atoms with Gasteiger partial charge in [0, 0.05) is 43.5 Å². The fourth-order valence-electron chi connectivity index (χ4n) is 3.76. The van der Waals surface area contributed by atoms with Crippen LogP contribution in [-0.4, -0.2) is 50.5 Å². The average molecular weight is 437 g/mol. The number of rotatable bonds is 6. The standard InChI is InChI=1S/C21H23N7O4/c1-14-22-7-10-27(14)20-12-19(23-13-24-20)26-8-5-15(6-9-26)21(29)25-17-4-3-16(28(30)31)11-18(17)32-2/h3-4,7,10-13,15H,5-6,8-9H2,1-2H3,(H,25,29). The molecular weight excluding hydrogens is 414 g/mol. The Morgan fingerprint density at radius 1 is 1.19 bits per heavy atom. The lowest BCUT2D eigenvalue weighted by Crippen LogP contribution is -2.38. The Labute approximate surface area is 184 Å². The number of amides is 1. The molecule has 166 valence electrons. The van der Waals surface area contributed by atoms with E-state index < -0.39 is 4.92 Å². The lowest BCUT2D eigenvalue weighted by atomic mass is 9.95. The van der Waals surface area contributed by atoms with E-state index in [-0.39, 0.29) is 23.3 Å². The topological polar surface area (TPSA) is 128 Å². The zero-order valence-electron chi connectivity index (χ0n) is 17.8. The van der Waals surface area contributed by atoms with Crippen LogP contribution in [0.3, 0.4) is 0 Å². The molecule has 11 nitrogen and oxygen atoms in total. The molecule has 1 aliphatic rings. The molecule has 2 aromatic heterocycles. The molecule has 1 fully saturated rings. The predicted octanol–water partition coefficient (Wildman–Crippen LogP) is 2.74. The maximum Gasteiger partial charge on any atom is 0.273 e. The van der Waals surface area contributed by atoms with Gasteiger partial charge in [-0.15, -0.1) is 0 Å². The maximum absolute atomic E-state index is 12.8. The molecule has 1 amide bonds. The Hall–Kier alpha value is -4.02. The number of nitro benzene ring substituents is 1. The summed E-state index contributed by atoms with van der Waals surface area (Å²) in [6, 6.07) is 6.05. The summed E-state index contributed by atoms with van der Waals surface area (Å²) in [5.74, 6) is 2.34. The van der Waals surface area contributed by atoms with Gasteiger partial charge in [-0.2, -0.15) is 0 Å². The summed E-state index contributed by atoms with van der Waals surface area (Å²) in [6.07, 6.45) is 6.42.